The van der Waals surface area contributed by atoms with E-state index in [0.29, 0.717) is 18.3 Å². The molecule has 0 aliphatic carbocycles. The third kappa shape index (κ3) is 5.17. The highest BCUT2D eigenvalue weighted by molar-refractivity contribution is 5.38. The minimum absolute atomic E-state index is 0.509. The van der Waals surface area contributed by atoms with E-state index in [0.717, 1.165) is 18.7 Å². The van der Waals surface area contributed by atoms with Crippen LogP contribution >= 0.6 is 0 Å². The van der Waals surface area contributed by atoms with Crippen LogP contribution in [0.3, 0.4) is 0 Å². The summed E-state index contributed by atoms with van der Waals surface area (Å²) in [7, 11) is 1.67. The number of anilines is 2. The summed E-state index contributed by atoms with van der Waals surface area (Å²) in [5, 5.41) is 14.5. The van der Waals surface area contributed by atoms with Gasteiger partial charge in [-0.3, -0.25) is 0 Å². The molecule has 2 aromatic carbocycles. The van der Waals surface area contributed by atoms with Crippen molar-refractivity contribution in [2.45, 2.75) is 13.0 Å². The maximum Gasteiger partial charge on any atom is 0.244 e. The number of ether oxygens (including phenoxy) is 1. The van der Waals surface area contributed by atoms with Crippen LogP contribution in [0.2, 0.25) is 0 Å². The number of methoxy groups -OCH3 is 1. The zero-order valence-electron chi connectivity index (χ0n) is 14.1. The quantitative estimate of drug-likeness (QED) is 0.659. The third-order valence-electron chi connectivity index (χ3n) is 3.71. The SMILES string of the molecule is COc1cccc(CCNc2cnnc(NCc3ccccc3)n2)c1. The first kappa shape index (κ1) is 16.7. The lowest BCUT2D eigenvalue weighted by Gasteiger charge is -2.08. The van der Waals surface area contributed by atoms with Crippen molar-refractivity contribution in [2.24, 2.45) is 0 Å². The molecule has 3 aromatic rings. The summed E-state index contributed by atoms with van der Waals surface area (Å²) in [6.07, 6.45) is 2.49. The fourth-order valence-electron chi connectivity index (χ4n) is 2.40. The second-order valence-corrected chi connectivity index (χ2v) is 5.53. The van der Waals surface area contributed by atoms with Gasteiger partial charge < -0.3 is 15.4 Å². The summed E-state index contributed by atoms with van der Waals surface area (Å²) in [6, 6.07) is 18.2. The van der Waals surface area contributed by atoms with Gasteiger partial charge in [0.1, 0.15) is 5.75 Å². The molecule has 0 spiro atoms. The van der Waals surface area contributed by atoms with Crippen molar-refractivity contribution >= 4 is 11.8 Å². The van der Waals surface area contributed by atoms with Crippen LogP contribution < -0.4 is 15.4 Å². The Bertz CT molecular complexity index is 795. The van der Waals surface area contributed by atoms with Crippen LogP contribution in [0.4, 0.5) is 11.8 Å². The van der Waals surface area contributed by atoms with Crippen molar-refractivity contribution in [1.29, 1.82) is 0 Å². The molecule has 0 bridgehead atoms. The van der Waals surface area contributed by atoms with Gasteiger partial charge in [-0.05, 0) is 29.7 Å². The molecule has 0 atom stereocenters. The monoisotopic (exact) mass is 335 g/mol. The van der Waals surface area contributed by atoms with Gasteiger partial charge >= 0.3 is 0 Å². The molecule has 1 heterocycles. The molecule has 0 aliphatic rings. The van der Waals surface area contributed by atoms with E-state index in [-0.39, 0.29) is 0 Å². The van der Waals surface area contributed by atoms with Crippen LogP contribution in [0, 0.1) is 0 Å². The second kappa shape index (κ2) is 8.63. The molecule has 1 aromatic heterocycles. The minimum atomic E-state index is 0.509. The van der Waals surface area contributed by atoms with E-state index in [1.54, 1.807) is 13.3 Å². The Kier molecular flexibility index (Phi) is 5.77. The first-order chi connectivity index (χ1) is 12.3. The van der Waals surface area contributed by atoms with E-state index >= 15 is 0 Å². The summed E-state index contributed by atoms with van der Waals surface area (Å²) < 4.78 is 5.24. The van der Waals surface area contributed by atoms with Crippen LogP contribution in [0.1, 0.15) is 11.1 Å². The molecule has 0 saturated carbocycles. The Balaban J connectivity index is 1.51. The van der Waals surface area contributed by atoms with Crippen LogP contribution in [-0.2, 0) is 13.0 Å². The zero-order valence-corrected chi connectivity index (χ0v) is 14.1. The Hall–Kier alpha value is -3.15. The van der Waals surface area contributed by atoms with Gasteiger partial charge in [-0.1, -0.05) is 42.5 Å². The van der Waals surface area contributed by atoms with Crippen molar-refractivity contribution in [3.8, 4) is 5.75 Å². The average Bonchev–Trinajstić information content (AvgIpc) is 2.68. The lowest BCUT2D eigenvalue weighted by atomic mass is 10.1. The summed E-state index contributed by atoms with van der Waals surface area (Å²) in [5.74, 6) is 2.08. The van der Waals surface area contributed by atoms with Gasteiger partial charge in [0.25, 0.3) is 0 Å². The maximum absolute atomic E-state index is 5.24. The number of nitrogens with one attached hydrogen (secondary N) is 2. The van der Waals surface area contributed by atoms with Crippen LogP contribution in [0.25, 0.3) is 0 Å². The number of aromatic nitrogens is 3. The van der Waals surface area contributed by atoms with Crippen molar-refractivity contribution in [3.05, 3.63) is 71.9 Å². The van der Waals surface area contributed by atoms with Gasteiger partial charge in [0.2, 0.25) is 5.95 Å². The highest BCUT2D eigenvalue weighted by atomic mass is 16.5. The van der Waals surface area contributed by atoms with Gasteiger partial charge in [0.05, 0.1) is 13.3 Å². The summed E-state index contributed by atoms with van der Waals surface area (Å²) in [4.78, 5) is 4.43. The van der Waals surface area contributed by atoms with Gasteiger partial charge in [0.15, 0.2) is 5.82 Å². The lowest BCUT2D eigenvalue weighted by Crippen LogP contribution is -2.10. The van der Waals surface area contributed by atoms with Crippen LogP contribution in [0.5, 0.6) is 5.75 Å². The average molecular weight is 335 g/mol. The Morgan fingerprint density at radius 2 is 1.80 bits per heavy atom. The molecule has 6 nitrogen and oxygen atoms in total. The number of rotatable bonds is 8. The van der Waals surface area contributed by atoms with E-state index in [1.165, 1.54) is 11.1 Å². The molecule has 3 rings (SSSR count). The minimum Gasteiger partial charge on any atom is -0.497 e. The maximum atomic E-state index is 5.24. The van der Waals surface area contributed by atoms with Gasteiger partial charge in [-0.25, -0.2) is 0 Å². The standard InChI is InChI=1S/C19H21N5O/c1-25-17-9-5-8-15(12-17)10-11-20-18-14-22-24-19(23-18)21-13-16-6-3-2-4-7-16/h2-9,12,14H,10-11,13H2,1H3,(H2,20,21,23,24). The Morgan fingerprint density at radius 1 is 0.960 bits per heavy atom. The normalized spacial score (nSPS) is 10.3. The smallest absolute Gasteiger partial charge is 0.244 e. The predicted octanol–water partition coefficient (Wildman–Crippen LogP) is 3.15. The fraction of sp³-hybridized carbons (Fsp3) is 0.211. The topological polar surface area (TPSA) is 72.0 Å². The number of nitrogens with zero attached hydrogens (tertiary/aromatic N) is 3. The molecule has 25 heavy (non-hydrogen) atoms. The highest BCUT2D eigenvalue weighted by Gasteiger charge is 2.01. The molecular weight excluding hydrogens is 314 g/mol. The molecule has 0 amide bonds. The zero-order chi connectivity index (χ0) is 17.3. The lowest BCUT2D eigenvalue weighted by molar-refractivity contribution is 0.414. The molecule has 0 fully saturated rings. The molecule has 6 heteroatoms. The van der Waals surface area contributed by atoms with Crippen molar-refractivity contribution in [1.82, 2.24) is 15.2 Å². The fourth-order valence-corrected chi connectivity index (χ4v) is 2.40. The molecule has 2 N–H and O–H groups in total. The number of hydrogen-bond donors (Lipinski definition) is 2. The molecule has 0 aliphatic heterocycles. The predicted molar refractivity (Wildman–Crippen MR) is 98.8 cm³/mol. The van der Waals surface area contributed by atoms with Crippen LogP contribution in [-0.4, -0.2) is 28.8 Å². The van der Waals surface area contributed by atoms with E-state index in [1.807, 2.05) is 36.4 Å². The Morgan fingerprint density at radius 3 is 2.64 bits per heavy atom. The summed E-state index contributed by atoms with van der Waals surface area (Å²) in [5.41, 5.74) is 2.37. The van der Waals surface area contributed by atoms with Crippen molar-refractivity contribution in [3.63, 3.8) is 0 Å². The molecule has 0 radical (unpaired) electrons. The number of hydrogen-bond acceptors (Lipinski definition) is 6. The van der Waals surface area contributed by atoms with Crippen molar-refractivity contribution in [2.75, 3.05) is 24.3 Å². The van der Waals surface area contributed by atoms with E-state index in [2.05, 4.69) is 44.0 Å². The van der Waals surface area contributed by atoms with E-state index < -0.39 is 0 Å². The van der Waals surface area contributed by atoms with Crippen molar-refractivity contribution < 1.29 is 4.74 Å². The third-order valence-corrected chi connectivity index (χ3v) is 3.71. The highest BCUT2D eigenvalue weighted by Crippen LogP contribution is 2.13. The Labute approximate surface area is 147 Å². The molecule has 128 valence electrons. The van der Waals surface area contributed by atoms with Gasteiger partial charge in [-0.2, -0.15) is 10.1 Å². The molecular formula is C19H21N5O. The van der Waals surface area contributed by atoms with E-state index in [9.17, 15) is 0 Å². The molecule has 0 saturated heterocycles. The second-order valence-electron chi connectivity index (χ2n) is 5.53. The van der Waals surface area contributed by atoms with Gasteiger partial charge in [-0.15, -0.1) is 5.10 Å². The first-order valence-corrected chi connectivity index (χ1v) is 8.18. The number of benzene rings is 2. The van der Waals surface area contributed by atoms with Gasteiger partial charge in [0, 0.05) is 13.1 Å². The summed E-state index contributed by atoms with van der Waals surface area (Å²) >= 11 is 0. The summed E-state index contributed by atoms with van der Waals surface area (Å²) in [6.45, 7) is 1.42. The van der Waals surface area contributed by atoms with Crippen LogP contribution in [0.15, 0.2) is 60.8 Å². The van der Waals surface area contributed by atoms with E-state index in [4.69, 9.17) is 4.74 Å². The molecule has 0 unspecified atom stereocenters. The first-order valence-electron chi connectivity index (χ1n) is 8.18. The largest absolute Gasteiger partial charge is 0.497 e.